The number of hydrogen-bond acceptors (Lipinski definition) is 3. The summed E-state index contributed by atoms with van der Waals surface area (Å²) in [5.74, 6) is -0.729. The molecule has 0 aromatic carbocycles. The molecule has 17 heavy (non-hydrogen) atoms. The van der Waals surface area contributed by atoms with Crippen molar-refractivity contribution in [2.45, 2.75) is 38.5 Å². The maximum Gasteiger partial charge on any atom is 0.310 e. The second-order valence-electron chi connectivity index (χ2n) is 4.67. The monoisotopic (exact) mass is 252 g/mol. The standard InChI is InChI=1S/C13H16O3S/c1-2-13(12(15)16)5-3-10(14)7-11(13)9-4-6-17-8-9/h4,6,8,11H,2-3,5,7H2,1H3,(H,15,16). The van der Waals surface area contributed by atoms with Gasteiger partial charge in [-0.25, -0.2) is 0 Å². The third-order valence-electron chi connectivity index (χ3n) is 3.95. The molecule has 4 heteroatoms. The van der Waals surface area contributed by atoms with Crippen LogP contribution in [0.25, 0.3) is 0 Å². The van der Waals surface area contributed by atoms with Gasteiger partial charge in [-0.05, 0) is 35.2 Å². The van der Waals surface area contributed by atoms with Crippen molar-refractivity contribution in [3.63, 3.8) is 0 Å². The van der Waals surface area contributed by atoms with Crippen molar-refractivity contribution in [2.75, 3.05) is 0 Å². The Morgan fingerprint density at radius 3 is 2.94 bits per heavy atom. The molecule has 0 spiro atoms. The van der Waals surface area contributed by atoms with Crippen molar-refractivity contribution < 1.29 is 14.7 Å². The van der Waals surface area contributed by atoms with E-state index in [0.717, 1.165) is 5.56 Å². The Labute approximate surface area is 104 Å². The van der Waals surface area contributed by atoms with Gasteiger partial charge in [-0.15, -0.1) is 0 Å². The molecule has 0 amide bonds. The van der Waals surface area contributed by atoms with Gasteiger partial charge >= 0.3 is 5.97 Å². The Bertz CT molecular complexity index is 424. The predicted octanol–water partition coefficient (Wildman–Crippen LogP) is 3.07. The van der Waals surface area contributed by atoms with Crippen LogP contribution in [-0.2, 0) is 9.59 Å². The minimum absolute atomic E-state index is 0.155. The summed E-state index contributed by atoms with van der Waals surface area (Å²) in [5.41, 5.74) is 0.252. The number of Topliss-reactive ketones (excluding diaryl/α,β-unsaturated/α-hetero) is 1. The van der Waals surface area contributed by atoms with E-state index in [4.69, 9.17) is 0 Å². The van der Waals surface area contributed by atoms with Gasteiger partial charge < -0.3 is 5.11 Å². The fourth-order valence-electron chi connectivity index (χ4n) is 2.80. The molecule has 2 unspecified atom stereocenters. The van der Waals surface area contributed by atoms with Gasteiger partial charge in [-0.2, -0.15) is 11.3 Å². The summed E-state index contributed by atoms with van der Waals surface area (Å²) in [7, 11) is 0. The van der Waals surface area contributed by atoms with Gasteiger partial charge in [0.05, 0.1) is 5.41 Å². The van der Waals surface area contributed by atoms with Crippen LogP contribution in [0.4, 0.5) is 0 Å². The maximum absolute atomic E-state index is 11.6. The molecule has 92 valence electrons. The molecule has 1 aliphatic carbocycles. The van der Waals surface area contributed by atoms with Crippen LogP contribution in [-0.4, -0.2) is 16.9 Å². The maximum atomic E-state index is 11.6. The summed E-state index contributed by atoms with van der Waals surface area (Å²) < 4.78 is 0. The van der Waals surface area contributed by atoms with Gasteiger partial charge in [0.2, 0.25) is 0 Å². The molecule has 1 aliphatic rings. The lowest BCUT2D eigenvalue weighted by atomic mass is 9.62. The van der Waals surface area contributed by atoms with E-state index in [1.165, 1.54) is 0 Å². The van der Waals surface area contributed by atoms with Gasteiger partial charge in [0, 0.05) is 18.8 Å². The molecular formula is C13H16O3S. The largest absolute Gasteiger partial charge is 0.481 e. The van der Waals surface area contributed by atoms with Crippen LogP contribution >= 0.6 is 11.3 Å². The Balaban J connectivity index is 2.41. The highest BCUT2D eigenvalue weighted by molar-refractivity contribution is 7.08. The van der Waals surface area contributed by atoms with E-state index >= 15 is 0 Å². The van der Waals surface area contributed by atoms with Crippen molar-refractivity contribution in [1.82, 2.24) is 0 Å². The smallest absolute Gasteiger partial charge is 0.310 e. The molecule has 0 radical (unpaired) electrons. The van der Waals surface area contributed by atoms with Crippen LogP contribution in [0.1, 0.15) is 44.1 Å². The second-order valence-corrected chi connectivity index (χ2v) is 5.45. The second kappa shape index (κ2) is 4.61. The van der Waals surface area contributed by atoms with Crippen molar-refractivity contribution in [3.8, 4) is 0 Å². The molecule has 1 aromatic heterocycles. The van der Waals surface area contributed by atoms with Crippen LogP contribution in [0.2, 0.25) is 0 Å². The van der Waals surface area contributed by atoms with Crippen LogP contribution in [0, 0.1) is 5.41 Å². The van der Waals surface area contributed by atoms with Gasteiger partial charge in [0.15, 0.2) is 0 Å². The number of carboxylic acids is 1. The number of ketones is 1. The lowest BCUT2D eigenvalue weighted by molar-refractivity contribution is -0.153. The highest BCUT2D eigenvalue weighted by Crippen LogP contribution is 2.49. The number of thiophene rings is 1. The first kappa shape index (κ1) is 12.3. The number of rotatable bonds is 3. The Kier molecular flexibility index (Phi) is 3.33. The van der Waals surface area contributed by atoms with Crippen LogP contribution < -0.4 is 0 Å². The molecule has 2 atom stereocenters. The Hall–Kier alpha value is -1.16. The lowest BCUT2D eigenvalue weighted by Gasteiger charge is -2.39. The highest BCUT2D eigenvalue weighted by Gasteiger charge is 2.48. The van der Waals surface area contributed by atoms with Gasteiger partial charge in [0.1, 0.15) is 5.78 Å². The average molecular weight is 252 g/mol. The predicted molar refractivity (Wildman–Crippen MR) is 66.3 cm³/mol. The molecule has 1 fully saturated rings. The van der Waals surface area contributed by atoms with E-state index in [2.05, 4.69) is 0 Å². The van der Waals surface area contributed by atoms with Crippen LogP contribution in [0.5, 0.6) is 0 Å². The Morgan fingerprint density at radius 1 is 1.65 bits per heavy atom. The van der Waals surface area contributed by atoms with E-state index in [1.807, 2.05) is 23.8 Å². The lowest BCUT2D eigenvalue weighted by Crippen LogP contribution is -2.41. The SMILES string of the molecule is CCC1(C(=O)O)CCC(=O)CC1c1ccsc1. The zero-order valence-electron chi connectivity index (χ0n) is 9.81. The molecule has 1 aromatic rings. The fourth-order valence-corrected chi connectivity index (χ4v) is 3.52. The van der Waals surface area contributed by atoms with Crippen molar-refractivity contribution in [1.29, 1.82) is 0 Å². The summed E-state index contributed by atoms with van der Waals surface area (Å²) in [6.45, 7) is 1.91. The first-order valence-corrected chi connectivity index (χ1v) is 6.81. The zero-order chi connectivity index (χ0) is 12.5. The third kappa shape index (κ3) is 2.02. The average Bonchev–Trinajstić information content (AvgIpc) is 2.82. The molecule has 0 saturated heterocycles. The summed E-state index contributed by atoms with van der Waals surface area (Å²) in [4.78, 5) is 23.2. The van der Waals surface area contributed by atoms with Crippen molar-refractivity contribution in [3.05, 3.63) is 22.4 Å². The van der Waals surface area contributed by atoms with Gasteiger partial charge in [-0.3, -0.25) is 9.59 Å². The van der Waals surface area contributed by atoms with Crippen molar-refractivity contribution >= 4 is 23.1 Å². The first-order chi connectivity index (χ1) is 8.10. The van der Waals surface area contributed by atoms with Crippen molar-refractivity contribution in [2.24, 2.45) is 5.41 Å². The summed E-state index contributed by atoms with van der Waals surface area (Å²) in [5, 5.41) is 13.4. The molecular weight excluding hydrogens is 236 g/mol. The van der Waals surface area contributed by atoms with E-state index in [1.54, 1.807) is 11.3 Å². The number of hydrogen-bond donors (Lipinski definition) is 1. The molecule has 0 aliphatic heterocycles. The van der Waals surface area contributed by atoms with E-state index in [-0.39, 0.29) is 11.7 Å². The Morgan fingerprint density at radius 2 is 2.41 bits per heavy atom. The summed E-state index contributed by atoms with van der Waals surface area (Å²) in [6.07, 6.45) is 1.83. The fraction of sp³-hybridized carbons (Fsp3) is 0.538. The minimum Gasteiger partial charge on any atom is -0.481 e. The summed E-state index contributed by atoms with van der Waals surface area (Å²) >= 11 is 1.55. The van der Waals surface area contributed by atoms with E-state index < -0.39 is 11.4 Å². The number of aliphatic carboxylic acids is 1. The number of carbonyl (C=O) groups excluding carboxylic acids is 1. The summed E-state index contributed by atoms with van der Waals surface area (Å²) in [6, 6.07) is 1.95. The van der Waals surface area contributed by atoms with Gasteiger partial charge in [-0.1, -0.05) is 6.92 Å². The highest BCUT2D eigenvalue weighted by atomic mass is 32.1. The van der Waals surface area contributed by atoms with Crippen LogP contribution in [0.3, 0.4) is 0 Å². The number of carboxylic acid groups (broad SMARTS) is 1. The zero-order valence-corrected chi connectivity index (χ0v) is 10.6. The molecule has 1 N–H and O–H groups in total. The minimum atomic E-state index is -0.760. The normalized spacial score (nSPS) is 29.2. The molecule has 1 heterocycles. The molecule has 2 rings (SSSR count). The quantitative estimate of drug-likeness (QED) is 0.899. The van der Waals surface area contributed by atoms with E-state index in [0.29, 0.717) is 25.7 Å². The molecule has 1 saturated carbocycles. The number of carbonyl (C=O) groups is 2. The topological polar surface area (TPSA) is 54.4 Å². The molecule has 3 nitrogen and oxygen atoms in total. The van der Waals surface area contributed by atoms with E-state index in [9.17, 15) is 14.7 Å². The van der Waals surface area contributed by atoms with Crippen LogP contribution in [0.15, 0.2) is 16.8 Å². The molecule has 0 bridgehead atoms. The third-order valence-corrected chi connectivity index (χ3v) is 4.65. The first-order valence-electron chi connectivity index (χ1n) is 5.87. The van der Waals surface area contributed by atoms with Gasteiger partial charge in [0.25, 0.3) is 0 Å².